The standard InChI is InChI=1S/C15H21FN2O/c1-3-8-18(10-12-5-6-12)15(19)17-14-9-13(16)7-4-11(14)2/h4,7,9,12H,3,5-6,8,10H2,1-2H3,(H,17,19). The van der Waals surface area contributed by atoms with E-state index in [1.54, 1.807) is 6.07 Å². The smallest absolute Gasteiger partial charge is 0.321 e. The van der Waals surface area contributed by atoms with E-state index in [0.29, 0.717) is 11.6 Å². The number of amides is 2. The van der Waals surface area contributed by atoms with Gasteiger partial charge in [-0.05, 0) is 49.8 Å². The number of aryl methyl sites for hydroxylation is 1. The molecule has 0 bridgehead atoms. The molecule has 1 aliphatic rings. The highest BCUT2D eigenvalue weighted by Crippen LogP contribution is 2.30. The van der Waals surface area contributed by atoms with Crippen molar-refractivity contribution >= 4 is 11.7 Å². The second kappa shape index (κ2) is 6.04. The first-order valence-electron chi connectivity index (χ1n) is 6.92. The molecule has 1 aliphatic carbocycles. The van der Waals surface area contributed by atoms with Crippen molar-refractivity contribution in [1.29, 1.82) is 0 Å². The number of halogens is 1. The SMILES string of the molecule is CCCN(CC1CC1)C(=O)Nc1cc(F)ccc1C. The molecule has 0 saturated heterocycles. The third kappa shape index (κ3) is 3.94. The Morgan fingerprint density at radius 2 is 2.21 bits per heavy atom. The third-order valence-corrected chi connectivity index (χ3v) is 3.40. The van der Waals surface area contributed by atoms with Gasteiger partial charge in [-0.3, -0.25) is 0 Å². The lowest BCUT2D eigenvalue weighted by molar-refractivity contribution is 0.209. The van der Waals surface area contributed by atoms with Crippen molar-refractivity contribution in [1.82, 2.24) is 4.90 Å². The van der Waals surface area contributed by atoms with Crippen LogP contribution in [0.25, 0.3) is 0 Å². The van der Waals surface area contributed by atoms with Crippen LogP contribution in [-0.2, 0) is 0 Å². The lowest BCUT2D eigenvalue weighted by Crippen LogP contribution is -2.37. The molecule has 104 valence electrons. The molecular weight excluding hydrogens is 243 g/mol. The minimum Gasteiger partial charge on any atom is -0.324 e. The van der Waals surface area contributed by atoms with E-state index in [0.717, 1.165) is 25.1 Å². The Morgan fingerprint density at radius 3 is 2.84 bits per heavy atom. The number of rotatable bonds is 5. The molecule has 0 aliphatic heterocycles. The molecule has 3 nitrogen and oxygen atoms in total. The predicted octanol–water partition coefficient (Wildman–Crippen LogP) is 3.79. The monoisotopic (exact) mass is 264 g/mol. The first kappa shape index (κ1) is 13.8. The van der Waals surface area contributed by atoms with Crippen LogP contribution in [0.5, 0.6) is 0 Å². The van der Waals surface area contributed by atoms with Gasteiger partial charge in [-0.25, -0.2) is 9.18 Å². The molecule has 1 fully saturated rings. The largest absolute Gasteiger partial charge is 0.324 e. The molecule has 1 saturated carbocycles. The molecule has 0 unspecified atom stereocenters. The zero-order chi connectivity index (χ0) is 13.8. The van der Waals surface area contributed by atoms with Crippen LogP contribution in [0.4, 0.5) is 14.9 Å². The number of hydrogen-bond acceptors (Lipinski definition) is 1. The lowest BCUT2D eigenvalue weighted by atomic mass is 10.2. The predicted molar refractivity (Wildman–Crippen MR) is 74.7 cm³/mol. The number of carbonyl (C=O) groups is 1. The van der Waals surface area contributed by atoms with Gasteiger partial charge in [0, 0.05) is 18.8 Å². The Labute approximate surface area is 113 Å². The van der Waals surface area contributed by atoms with Crippen molar-refractivity contribution in [2.24, 2.45) is 5.92 Å². The molecule has 0 spiro atoms. The summed E-state index contributed by atoms with van der Waals surface area (Å²) in [5.74, 6) is 0.330. The summed E-state index contributed by atoms with van der Waals surface area (Å²) in [6.45, 7) is 5.48. The summed E-state index contributed by atoms with van der Waals surface area (Å²) in [4.78, 5) is 14.1. The van der Waals surface area contributed by atoms with Gasteiger partial charge in [0.15, 0.2) is 0 Å². The van der Waals surface area contributed by atoms with Gasteiger partial charge in [0.2, 0.25) is 0 Å². The molecule has 2 rings (SSSR count). The highest BCUT2D eigenvalue weighted by atomic mass is 19.1. The van der Waals surface area contributed by atoms with Crippen LogP contribution in [0.1, 0.15) is 31.7 Å². The van der Waals surface area contributed by atoms with Crippen LogP contribution in [0, 0.1) is 18.7 Å². The second-order valence-electron chi connectivity index (χ2n) is 5.28. The van der Waals surface area contributed by atoms with Crippen molar-refractivity contribution in [3.8, 4) is 0 Å². The minimum absolute atomic E-state index is 0.123. The van der Waals surface area contributed by atoms with Crippen molar-refractivity contribution in [3.05, 3.63) is 29.6 Å². The number of anilines is 1. The van der Waals surface area contributed by atoms with Crippen LogP contribution in [0.15, 0.2) is 18.2 Å². The molecule has 0 aromatic heterocycles. The van der Waals surface area contributed by atoms with E-state index in [2.05, 4.69) is 12.2 Å². The van der Waals surface area contributed by atoms with Crippen LogP contribution in [0.2, 0.25) is 0 Å². The molecule has 4 heteroatoms. The van der Waals surface area contributed by atoms with E-state index in [1.807, 2.05) is 11.8 Å². The van der Waals surface area contributed by atoms with Gasteiger partial charge < -0.3 is 10.2 Å². The summed E-state index contributed by atoms with van der Waals surface area (Å²) in [7, 11) is 0. The zero-order valence-electron chi connectivity index (χ0n) is 11.6. The van der Waals surface area contributed by atoms with E-state index < -0.39 is 0 Å². The lowest BCUT2D eigenvalue weighted by Gasteiger charge is -2.23. The molecule has 0 heterocycles. The quantitative estimate of drug-likeness (QED) is 0.862. The fourth-order valence-electron chi connectivity index (χ4n) is 2.08. The summed E-state index contributed by atoms with van der Waals surface area (Å²) in [5.41, 5.74) is 1.43. The van der Waals surface area contributed by atoms with Crippen LogP contribution in [0.3, 0.4) is 0 Å². The van der Waals surface area contributed by atoms with Crippen molar-refractivity contribution < 1.29 is 9.18 Å². The zero-order valence-corrected chi connectivity index (χ0v) is 11.6. The number of benzene rings is 1. The Hall–Kier alpha value is -1.58. The van der Waals surface area contributed by atoms with Gasteiger partial charge in [0.25, 0.3) is 0 Å². The molecule has 1 aromatic rings. The fraction of sp³-hybridized carbons (Fsp3) is 0.533. The van der Waals surface area contributed by atoms with E-state index in [-0.39, 0.29) is 11.8 Å². The number of nitrogens with one attached hydrogen (secondary N) is 1. The first-order chi connectivity index (χ1) is 9.10. The normalized spacial score (nSPS) is 14.3. The van der Waals surface area contributed by atoms with Crippen LogP contribution in [-0.4, -0.2) is 24.0 Å². The molecule has 19 heavy (non-hydrogen) atoms. The fourth-order valence-corrected chi connectivity index (χ4v) is 2.08. The maximum Gasteiger partial charge on any atom is 0.321 e. The summed E-state index contributed by atoms with van der Waals surface area (Å²) in [6.07, 6.45) is 3.36. The van der Waals surface area contributed by atoms with Crippen molar-refractivity contribution in [3.63, 3.8) is 0 Å². The number of nitrogens with zero attached hydrogens (tertiary/aromatic N) is 1. The van der Waals surface area contributed by atoms with Gasteiger partial charge in [0.1, 0.15) is 5.82 Å². The summed E-state index contributed by atoms with van der Waals surface area (Å²) < 4.78 is 13.2. The molecule has 1 N–H and O–H groups in total. The van der Waals surface area contributed by atoms with Crippen molar-refractivity contribution in [2.45, 2.75) is 33.1 Å². The number of urea groups is 1. The van der Waals surface area contributed by atoms with E-state index >= 15 is 0 Å². The van der Waals surface area contributed by atoms with Gasteiger partial charge >= 0.3 is 6.03 Å². The molecule has 0 radical (unpaired) electrons. The highest BCUT2D eigenvalue weighted by molar-refractivity contribution is 5.90. The molecule has 0 atom stereocenters. The highest BCUT2D eigenvalue weighted by Gasteiger charge is 2.26. The van der Waals surface area contributed by atoms with Crippen LogP contribution >= 0.6 is 0 Å². The summed E-state index contributed by atoms with van der Waals surface area (Å²) in [5, 5.41) is 2.82. The second-order valence-corrected chi connectivity index (χ2v) is 5.28. The van der Waals surface area contributed by atoms with Crippen molar-refractivity contribution in [2.75, 3.05) is 18.4 Å². The van der Waals surface area contributed by atoms with Gasteiger partial charge in [-0.15, -0.1) is 0 Å². The Balaban J connectivity index is 2.02. The molecule has 1 aromatic carbocycles. The minimum atomic E-state index is -0.329. The maximum atomic E-state index is 13.2. The molecule has 2 amide bonds. The third-order valence-electron chi connectivity index (χ3n) is 3.40. The van der Waals surface area contributed by atoms with E-state index in [9.17, 15) is 9.18 Å². The average molecular weight is 264 g/mol. The topological polar surface area (TPSA) is 32.3 Å². The van der Waals surface area contributed by atoms with Gasteiger partial charge in [-0.2, -0.15) is 0 Å². The van der Waals surface area contributed by atoms with Gasteiger partial charge in [0.05, 0.1) is 0 Å². The number of carbonyl (C=O) groups excluding carboxylic acids is 1. The summed E-state index contributed by atoms with van der Waals surface area (Å²) in [6, 6.07) is 4.33. The summed E-state index contributed by atoms with van der Waals surface area (Å²) >= 11 is 0. The Kier molecular flexibility index (Phi) is 4.40. The average Bonchev–Trinajstić information content (AvgIpc) is 3.17. The molecular formula is C15H21FN2O. The first-order valence-corrected chi connectivity index (χ1v) is 6.92. The Morgan fingerprint density at radius 1 is 1.47 bits per heavy atom. The maximum absolute atomic E-state index is 13.2. The van der Waals surface area contributed by atoms with E-state index in [1.165, 1.54) is 25.0 Å². The van der Waals surface area contributed by atoms with Gasteiger partial charge in [-0.1, -0.05) is 13.0 Å². The Bertz CT molecular complexity index is 457. The number of hydrogen-bond donors (Lipinski definition) is 1. The van der Waals surface area contributed by atoms with Crippen LogP contribution < -0.4 is 5.32 Å². The van der Waals surface area contributed by atoms with E-state index in [4.69, 9.17) is 0 Å².